The van der Waals surface area contributed by atoms with Crippen LogP contribution in [-0.2, 0) is 9.59 Å². The highest BCUT2D eigenvalue weighted by molar-refractivity contribution is 9.15. The molecule has 0 amide bonds. The lowest BCUT2D eigenvalue weighted by Gasteiger charge is -2.15. The molecule has 1 rings (SSSR count). The van der Waals surface area contributed by atoms with E-state index >= 15 is 0 Å². The molecule has 0 atom stereocenters. The lowest BCUT2D eigenvalue weighted by Crippen LogP contribution is -2.17. The predicted molar refractivity (Wildman–Crippen MR) is 88.8 cm³/mol. The highest BCUT2D eigenvalue weighted by Gasteiger charge is 2.30. The van der Waals surface area contributed by atoms with Gasteiger partial charge in [-0.25, -0.2) is 0 Å². The van der Waals surface area contributed by atoms with Crippen LogP contribution >= 0.6 is 47.8 Å². The maximum absolute atomic E-state index is 12.1. The van der Waals surface area contributed by atoms with Crippen LogP contribution in [0.5, 0.6) is 0 Å². The molecule has 0 saturated heterocycles. The maximum atomic E-state index is 12.1. The summed E-state index contributed by atoms with van der Waals surface area (Å²) in [6.07, 6.45) is 7.66. The van der Waals surface area contributed by atoms with Gasteiger partial charge >= 0.3 is 0 Å². The molecular weight excluding hydrogens is 440 g/mol. The van der Waals surface area contributed by atoms with Crippen LogP contribution in [0.4, 0.5) is 0 Å². The summed E-state index contributed by atoms with van der Waals surface area (Å²) >= 11 is 9.56. The Morgan fingerprint density at radius 1 is 0.737 bits per heavy atom. The van der Waals surface area contributed by atoms with Crippen molar-refractivity contribution in [3.63, 3.8) is 0 Å². The summed E-state index contributed by atoms with van der Waals surface area (Å²) in [5, 5.41) is 0. The van der Waals surface area contributed by atoms with Crippen LogP contribution in [0.1, 0.15) is 51.9 Å². The molecule has 0 heterocycles. The largest absolute Gasteiger partial charge is 0.288 e. The average molecular weight is 457 g/mol. The van der Waals surface area contributed by atoms with Gasteiger partial charge in [0.05, 0.1) is 13.4 Å². The van der Waals surface area contributed by atoms with Gasteiger partial charge in [-0.05, 0) is 60.6 Å². The first-order valence-corrected chi connectivity index (χ1v) is 8.91. The van der Waals surface area contributed by atoms with Gasteiger partial charge in [0.15, 0.2) is 5.78 Å². The molecule has 5 heteroatoms. The molecule has 0 radical (unpaired) electrons. The number of hydrogen-bond acceptors (Lipinski definition) is 2. The van der Waals surface area contributed by atoms with Crippen LogP contribution in [-0.4, -0.2) is 11.6 Å². The summed E-state index contributed by atoms with van der Waals surface area (Å²) in [7, 11) is 0. The maximum Gasteiger partial charge on any atom is 0.208 e. The first-order valence-electron chi connectivity index (χ1n) is 6.54. The summed E-state index contributed by atoms with van der Waals surface area (Å²) < 4.78 is 1.04. The minimum atomic E-state index is -0.160. The molecule has 0 aromatic rings. The number of allylic oxidation sites excluding steroid dienone is 4. The Morgan fingerprint density at radius 3 is 1.89 bits per heavy atom. The van der Waals surface area contributed by atoms with Crippen molar-refractivity contribution in [3.8, 4) is 0 Å². The Labute approximate surface area is 139 Å². The molecule has 0 aromatic carbocycles. The van der Waals surface area contributed by atoms with E-state index in [0.29, 0.717) is 25.4 Å². The van der Waals surface area contributed by atoms with Crippen molar-refractivity contribution in [2.24, 2.45) is 0 Å². The molecule has 2 nitrogen and oxygen atoms in total. The Kier molecular flexibility index (Phi) is 7.77. The zero-order chi connectivity index (χ0) is 14.4. The summed E-state index contributed by atoms with van der Waals surface area (Å²) in [6, 6.07) is 0. The second kappa shape index (κ2) is 8.53. The summed E-state index contributed by atoms with van der Waals surface area (Å²) in [6.45, 7) is 2.19. The van der Waals surface area contributed by atoms with Crippen molar-refractivity contribution in [1.82, 2.24) is 0 Å². The first kappa shape index (κ1) is 17.3. The molecule has 0 fully saturated rings. The lowest BCUT2D eigenvalue weighted by atomic mass is 9.97. The Morgan fingerprint density at radius 2 is 1.26 bits per heavy atom. The SMILES string of the molecule is CCCCCCCCC1=C(Br)C(=O)C(Br)=C(Br)C1=O. The molecule has 0 unspecified atom stereocenters. The summed E-state index contributed by atoms with van der Waals surface area (Å²) in [4.78, 5) is 24.0. The van der Waals surface area contributed by atoms with Gasteiger partial charge in [-0.15, -0.1) is 0 Å². The van der Waals surface area contributed by atoms with Gasteiger partial charge < -0.3 is 0 Å². The number of carbonyl (C=O) groups excluding carboxylic acids is 2. The van der Waals surface area contributed by atoms with E-state index in [2.05, 4.69) is 54.7 Å². The quantitative estimate of drug-likeness (QED) is 0.372. The van der Waals surface area contributed by atoms with Crippen molar-refractivity contribution >= 4 is 59.4 Å². The van der Waals surface area contributed by atoms with E-state index in [4.69, 9.17) is 0 Å². The lowest BCUT2D eigenvalue weighted by molar-refractivity contribution is -0.115. The van der Waals surface area contributed by atoms with Crippen molar-refractivity contribution in [1.29, 1.82) is 0 Å². The van der Waals surface area contributed by atoms with Crippen LogP contribution in [0.25, 0.3) is 0 Å². The number of unbranched alkanes of at least 4 members (excludes halogenated alkanes) is 5. The Balaban J connectivity index is 2.53. The molecule has 0 bridgehead atoms. The topological polar surface area (TPSA) is 34.1 Å². The van der Waals surface area contributed by atoms with Gasteiger partial charge in [-0.2, -0.15) is 0 Å². The molecular formula is C14H17Br3O2. The normalized spacial score (nSPS) is 16.6. The third-order valence-corrected chi connectivity index (χ3v) is 5.99. The van der Waals surface area contributed by atoms with E-state index < -0.39 is 0 Å². The molecule has 1 aliphatic carbocycles. The number of halogens is 3. The number of rotatable bonds is 7. The predicted octanol–water partition coefficient (Wildman–Crippen LogP) is 5.54. The minimum absolute atomic E-state index is 0.0908. The van der Waals surface area contributed by atoms with E-state index in [1.54, 1.807) is 0 Å². The van der Waals surface area contributed by atoms with Crippen LogP contribution in [0, 0.1) is 0 Å². The zero-order valence-corrected chi connectivity index (χ0v) is 15.7. The van der Waals surface area contributed by atoms with E-state index in [-0.39, 0.29) is 11.6 Å². The third kappa shape index (κ3) is 4.64. The third-order valence-electron chi connectivity index (χ3n) is 3.11. The summed E-state index contributed by atoms with van der Waals surface area (Å²) in [5.41, 5.74) is 0.593. The van der Waals surface area contributed by atoms with E-state index in [1.807, 2.05) is 0 Å². The molecule has 0 saturated carbocycles. The van der Waals surface area contributed by atoms with Crippen molar-refractivity contribution in [3.05, 3.63) is 19.0 Å². The molecule has 0 aliphatic heterocycles. The van der Waals surface area contributed by atoms with Gasteiger partial charge in [0, 0.05) is 5.57 Å². The van der Waals surface area contributed by atoms with Crippen LogP contribution in [0.3, 0.4) is 0 Å². The second-order valence-corrected chi connectivity index (χ2v) is 6.98. The van der Waals surface area contributed by atoms with Crippen LogP contribution in [0.2, 0.25) is 0 Å². The number of hydrogen-bond donors (Lipinski definition) is 0. The Bertz CT molecular complexity index is 436. The molecule has 0 N–H and O–H groups in total. The molecule has 1 aliphatic rings. The molecule has 0 aromatic heterocycles. The molecule has 0 spiro atoms. The molecule has 106 valence electrons. The monoisotopic (exact) mass is 454 g/mol. The number of ketones is 2. The standard InChI is InChI=1S/C14H17Br3O2/c1-2-3-4-5-6-7-8-9-10(15)14(19)12(17)11(16)13(9)18/h2-8H2,1H3. The zero-order valence-electron chi connectivity index (χ0n) is 10.9. The van der Waals surface area contributed by atoms with E-state index in [1.165, 1.54) is 25.7 Å². The van der Waals surface area contributed by atoms with E-state index in [0.717, 1.165) is 12.8 Å². The van der Waals surface area contributed by atoms with Gasteiger partial charge in [-0.3, -0.25) is 9.59 Å². The van der Waals surface area contributed by atoms with Crippen LogP contribution in [0.15, 0.2) is 19.0 Å². The summed E-state index contributed by atoms with van der Waals surface area (Å²) in [5.74, 6) is -0.251. The highest BCUT2D eigenvalue weighted by Crippen LogP contribution is 2.36. The second-order valence-electron chi connectivity index (χ2n) is 4.60. The average Bonchev–Trinajstić information content (AvgIpc) is 2.41. The van der Waals surface area contributed by atoms with Gasteiger partial charge in [-0.1, -0.05) is 39.0 Å². The van der Waals surface area contributed by atoms with Gasteiger partial charge in [0.2, 0.25) is 5.78 Å². The minimum Gasteiger partial charge on any atom is -0.288 e. The molecule has 19 heavy (non-hydrogen) atoms. The fraction of sp³-hybridized carbons (Fsp3) is 0.571. The smallest absolute Gasteiger partial charge is 0.208 e. The highest BCUT2D eigenvalue weighted by atomic mass is 79.9. The fourth-order valence-corrected chi connectivity index (χ4v) is 3.61. The first-order chi connectivity index (χ1) is 9.00. The van der Waals surface area contributed by atoms with Crippen molar-refractivity contribution in [2.75, 3.05) is 0 Å². The Hall–Kier alpha value is 0.260. The fourth-order valence-electron chi connectivity index (χ4n) is 1.97. The van der Waals surface area contributed by atoms with Crippen molar-refractivity contribution < 1.29 is 9.59 Å². The van der Waals surface area contributed by atoms with E-state index in [9.17, 15) is 9.59 Å². The van der Waals surface area contributed by atoms with Gasteiger partial charge in [0.25, 0.3) is 0 Å². The number of carbonyl (C=O) groups is 2. The van der Waals surface area contributed by atoms with Gasteiger partial charge in [0.1, 0.15) is 0 Å². The van der Waals surface area contributed by atoms with Crippen LogP contribution < -0.4 is 0 Å². The van der Waals surface area contributed by atoms with Crippen molar-refractivity contribution in [2.45, 2.75) is 51.9 Å². The number of Topliss-reactive ketones (excluding diaryl/α,β-unsaturated/α-hetero) is 2.